The van der Waals surface area contributed by atoms with Gasteiger partial charge in [0.05, 0.1) is 0 Å². The molecule has 0 fully saturated rings. The summed E-state index contributed by atoms with van der Waals surface area (Å²) in [5.74, 6) is 1.37. The molecule has 0 amide bonds. The van der Waals surface area contributed by atoms with Crippen molar-refractivity contribution in [1.82, 2.24) is 0 Å². The molecule has 0 spiro atoms. The maximum atomic E-state index is 6.26. The average molecular weight is 310 g/mol. The molecule has 0 saturated heterocycles. The van der Waals surface area contributed by atoms with Crippen LogP contribution in [-0.4, -0.2) is 11.0 Å². The number of para-hydroxylation sites is 1. The van der Waals surface area contributed by atoms with Crippen molar-refractivity contribution in [3.05, 3.63) is 66.2 Å². The normalized spacial score (nSPS) is 20.9. The molecule has 0 radical (unpaired) electrons. The van der Waals surface area contributed by atoms with E-state index in [1.807, 2.05) is 6.07 Å². The summed E-state index contributed by atoms with van der Waals surface area (Å²) < 4.78 is 6.26. The lowest BCUT2D eigenvalue weighted by Crippen LogP contribution is -2.23. The second-order valence-corrected chi connectivity index (χ2v) is 9.77. The zero-order valence-corrected chi connectivity index (χ0v) is 14.4. The van der Waals surface area contributed by atoms with E-state index in [-0.39, 0.29) is 18.9 Å². The summed E-state index contributed by atoms with van der Waals surface area (Å²) in [6.07, 6.45) is 5.42. The van der Waals surface area contributed by atoms with Crippen molar-refractivity contribution in [2.75, 3.05) is 0 Å². The van der Waals surface area contributed by atoms with Crippen LogP contribution in [0.5, 0.6) is 5.75 Å². The second kappa shape index (κ2) is 6.26. The molecular formula is C20H23OP. The lowest BCUT2D eigenvalue weighted by molar-refractivity contribution is 0.296. The third kappa shape index (κ3) is 3.25. The Morgan fingerprint density at radius 3 is 2.41 bits per heavy atom. The van der Waals surface area contributed by atoms with Crippen molar-refractivity contribution < 1.29 is 4.74 Å². The summed E-state index contributed by atoms with van der Waals surface area (Å²) in [5.41, 5.74) is 1.25. The molecule has 0 saturated carbocycles. The van der Waals surface area contributed by atoms with E-state index in [9.17, 15) is 0 Å². The number of benzene rings is 2. The molecule has 0 aliphatic carbocycles. The summed E-state index contributed by atoms with van der Waals surface area (Å²) in [4.78, 5) is 0. The topological polar surface area (TPSA) is 9.23 Å². The van der Waals surface area contributed by atoms with Gasteiger partial charge in [0.1, 0.15) is 11.6 Å². The maximum Gasteiger partial charge on any atom is 0.128 e. The Morgan fingerprint density at radius 1 is 1.00 bits per heavy atom. The van der Waals surface area contributed by atoms with E-state index in [0.29, 0.717) is 0 Å². The van der Waals surface area contributed by atoms with Crippen LogP contribution in [0.3, 0.4) is 0 Å². The van der Waals surface area contributed by atoms with E-state index in [2.05, 4.69) is 81.5 Å². The standard InChI is InChI=1S/C20H23OP/c1-20(2,3)22-18-14-8-7-13-17(18)21-19(22)15-9-12-16-10-5-4-6-11-16/h4-14,19H,15H2,1-3H3/b12-9+/t19-,22?/m1/s1. The van der Waals surface area contributed by atoms with Gasteiger partial charge in [-0.2, -0.15) is 0 Å². The molecule has 0 bridgehead atoms. The molecule has 22 heavy (non-hydrogen) atoms. The number of fused-ring (bicyclic) bond motifs is 1. The molecule has 1 aliphatic rings. The Balaban J connectivity index is 1.78. The van der Waals surface area contributed by atoms with Crippen molar-refractivity contribution in [1.29, 1.82) is 0 Å². The molecule has 1 nitrogen and oxygen atoms in total. The number of hydrogen-bond acceptors (Lipinski definition) is 1. The average Bonchev–Trinajstić information content (AvgIpc) is 2.86. The fraction of sp³-hybridized carbons (Fsp3) is 0.300. The smallest absolute Gasteiger partial charge is 0.128 e. The van der Waals surface area contributed by atoms with Gasteiger partial charge in [0.2, 0.25) is 0 Å². The third-order valence-electron chi connectivity index (χ3n) is 3.85. The first-order valence-electron chi connectivity index (χ1n) is 7.82. The van der Waals surface area contributed by atoms with Crippen LogP contribution in [0.1, 0.15) is 32.8 Å². The zero-order chi connectivity index (χ0) is 15.6. The predicted octanol–water partition coefficient (Wildman–Crippen LogP) is 5.41. The van der Waals surface area contributed by atoms with Crippen LogP contribution in [0.15, 0.2) is 60.7 Å². The molecule has 1 unspecified atom stereocenters. The minimum Gasteiger partial charge on any atom is -0.485 e. The van der Waals surface area contributed by atoms with Crippen LogP contribution in [-0.2, 0) is 0 Å². The van der Waals surface area contributed by atoms with E-state index >= 15 is 0 Å². The lowest BCUT2D eigenvalue weighted by Gasteiger charge is -2.31. The highest BCUT2D eigenvalue weighted by atomic mass is 31.1. The highest BCUT2D eigenvalue weighted by molar-refractivity contribution is 7.68. The molecule has 114 valence electrons. The number of rotatable bonds is 3. The van der Waals surface area contributed by atoms with Crippen LogP contribution in [0, 0.1) is 0 Å². The molecule has 3 rings (SSSR count). The van der Waals surface area contributed by atoms with E-state index in [1.54, 1.807) is 0 Å². The van der Waals surface area contributed by atoms with Gasteiger partial charge in [-0.15, -0.1) is 0 Å². The van der Waals surface area contributed by atoms with Gasteiger partial charge in [-0.25, -0.2) is 0 Å². The Hall–Kier alpha value is -1.59. The van der Waals surface area contributed by atoms with Crippen molar-refractivity contribution in [2.45, 2.75) is 38.2 Å². The molecule has 1 aliphatic heterocycles. The summed E-state index contributed by atoms with van der Waals surface area (Å²) in [7, 11) is -0.319. The van der Waals surface area contributed by atoms with Crippen LogP contribution in [0.4, 0.5) is 0 Å². The first-order chi connectivity index (χ1) is 10.6. The Morgan fingerprint density at radius 2 is 1.68 bits per heavy atom. The molecular weight excluding hydrogens is 287 g/mol. The highest BCUT2D eigenvalue weighted by Crippen LogP contribution is 2.59. The summed E-state index contributed by atoms with van der Waals surface area (Å²) in [5, 5.41) is 1.68. The van der Waals surface area contributed by atoms with Gasteiger partial charge in [0.25, 0.3) is 0 Å². The number of ether oxygens (including phenoxy) is 1. The van der Waals surface area contributed by atoms with E-state index in [0.717, 1.165) is 12.2 Å². The van der Waals surface area contributed by atoms with Gasteiger partial charge >= 0.3 is 0 Å². The summed E-state index contributed by atoms with van der Waals surface area (Å²) in [6, 6.07) is 19.0. The minimum atomic E-state index is -0.319. The Bertz CT molecular complexity index is 655. The Kier molecular flexibility index (Phi) is 4.36. The highest BCUT2D eigenvalue weighted by Gasteiger charge is 2.40. The van der Waals surface area contributed by atoms with Crippen molar-refractivity contribution >= 4 is 19.3 Å². The lowest BCUT2D eigenvalue weighted by atomic mass is 10.2. The summed E-state index contributed by atoms with van der Waals surface area (Å²) >= 11 is 0. The third-order valence-corrected chi connectivity index (χ3v) is 7.07. The molecule has 2 heteroatoms. The fourth-order valence-corrected chi connectivity index (χ4v) is 6.00. The Labute approximate surface area is 134 Å². The van der Waals surface area contributed by atoms with Crippen LogP contribution >= 0.6 is 7.92 Å². The molecule has 2 atom stereocenters. The largest absolute Gasteiger partial charge is 0.485 e. The van der Waals surface area contributed by atoms with Crippen LogP contribution in [0.2, 0.25) is 0 Å². The molecule has 2 aromatic rings. The van der Waals surface area contributed by atoms with Gasteiger partial charge in [0.15, 0.2) is 0 Å². The fourth-order valence-electron chi connectivity index (χ4n) is 2.94. The predicted molar refractivity (Wildman–Crippen MR) is 97.3 cm³/mol. The zero-order valence-electron chi connectivity index (χ0n) is 13.5. The van der Waals surface area contributed by atoms with Crippen molar-refractivity contribution in [3.8, 4) is 5.75 Å². The molecule has 0 aromatic heterocycles. The van der Waals surface area contributed by atoms with Crippen molar-refractivity contribution in [3.63, 3.8) is 0 Å². The van der Waals surface area contributed by atoms with Gasteiger partial charge < -0.3 is 4.74 Å². The van der Waals surface area contributed by atoms with Gasteiger partial charge in [-0.1, -0.05) is 81.5 Å². The minimum absolute atomic E-state index is 0.257. The van der Waals surface area contributed by atoms with Crippen LogP contribution < -0.4 is 10.0 Å². The first-order valence-corrected chi connectivity index (χ1v) is 9.23. The first kappa shape index (κ1) is 15.3. The molecule has 2 aromatic carbocycles. The van der Waals surface area contributed by atoms with Gasteiger partial charge in [0, 0.05) is 11.7 Å². The van der Waals surface area contributed by atoms with Gasteiger partial charge in [-0.3, -0.25) is 0 Å². The monoisotopic (exact) mass is 310 g/mol. The SMILES string of the molecule is CC(C)(C)P1c2ccccc2O[C@H]1C/C=C/c1ccccc1. The second-order valence-electron chi connectivity index (χ2n) is 6.63. The maximum absolute atomic E-state index is 6.26. The summed E-state index contributed by atoms with van der Waals surface area (Å²) in [6.45, 7) is 6.99. The molecule has 1 heterocycles. The van der Waals surface area contributed by atoms with E-state index in [1.165, 1.54) is 10.9 Å². The van der Waals surface area contributed by atoms with Crippen molar-refractivity contribution in [2.24, 2.45) is 0 Å². The molecule has 0 N–H and O–H groups in total. The van der Waals surface area contributed by atoms with Crippen LogP contribution in [0.25, 0.3) is 6.08 Å². The van der Waals surface area contributed by atoms with E-state index < -0.39 is 0 Å². The number of hydrogen-bond donors (Lipinski definition) is 0. The quantitative estimate of drug-likeness (QED) is 0.688. The van der Waals surface area contributed by atoms with Gasteiger partial charge in [-0.05, 0) is 24.7 Å². The van der Waals surface area contributed by atoms with E-state index in [4.69, 9.17) is 4.74 Å².